The minimum Gasteiger partial charge on any atom is -0.467 e. The molecule has 2 atom stereocenters. The molecule has 0 saturated carbocycles. The quantitative estimate of drug-likeness (QED) is 0.811. The van der Waals surface area contributed by atoms with Gasteiger partial charge >= 0.3 is 5.97 Å². The Hall–Kier alpha value is -2.49. The second-order valence-electron chi connectivity index (χ2n) is 4.82. The maximum Gasteiger partial charge on any atom is 0.328 e. The third-order valence-corrected chi connectivity index (χ3v) is 3.00. The highest BCUT2D eigenvalue weighted by atomic mass is 19.1. The summed E-state index contributed by atoms with van der Waals surface area (Å²) in [6.07, 6.45) is -0.263. The van der Waals surface area contributed by atoms with E-state index in [4.69, 9.17) is 5.26 Å². The van der Waals surface area contributed by atoms with Crippen LogP contribution in [-0.2, 0) is 20.7 Å². The van der Waals surface area contributed by atoms with Crippen molar-refractivity contribution >= 4 is 11.9 Å². The number of amides is 1. The van der Waals surface area contributed by atoms with Crippen molar-refractivity contribution in [2.75, 3.05) is 7.11 Å². The molecular weight excluding hydrogens is 294 g/mol. The second-order valence-corrected chi connectivity index (χ2v) is 4.82. The van der Waals surface area contributed by atoms with E-state index in [1.54, 1.807) is 6.92 Å². The number of rotatable bonds is 6. The Kier molecular flexibility index (Phi) is 6.45. The smallest absolute Gasteiger partial charge is 0.328 e. The molecule has 0 aromatic heterocycles. The average molecular weight is 310 g/mol. The summed E-state index contributed by atoms with van der Waals surface area (Å²) in [6, 6.07) is 3.85. The molecule has 5 nitrogen and oxygen atoms in total. The first-order chi connectivity index (χ1) is 10.4. The lowest BCUT2D eigenvalue weighted by molar-refractivity contribution is -0.145. The fourth-order valence-corrected chi connectivity index (χ4v) is 1.85. The van der Waals surface area contributed by atoms with Gasteiger partial charge in [-0.05, 0) is 25.0 Å². The first-order valence-electron chi connectivity index (χ1n) is 6.58. The summed E-state index contributed by atoms with van der Waals surface area (Å²) in [4.78, 5) is 23.5. The zero-order valence-electron chi connectivity index (χ0n) is 12.2. The normalized spacial score (nSPS) is 12.9. The predicted molar refractivity (Wildman–Crippen MR) is 73.4 cm³/mol. The summed E-state index contributed by atoms with van der Waals surface area (Å²) in [7, 11) is 1.16. The molecule has 22 heavy (non-hydrogen) atoms. The van der Waals surface area contributed by atoms with Gasteiger partial charge in [0.2, 0.25) is 5.91 Å². The summed E-state index contributed by atoms with van der Waals surface area (Å²) in [5.41, 5.74) is 0.0100. The largest absolute Gasteiger partial charge is 0.467 e. The lowest BCUT2D eigenvalue weighted by atomic mass is 10.0. The molecule has 0 unspecified atom stereocenters. The van der Waals surface area contributed by atoms with Crippen molar-refractivity contribution in [1.82, 2.24) is 5.32 Å². The van der Waals surface area contributed by atoms with Gasteiger partial charge in [0.05, 0.1) is 19.6 Å². The number of hydrogen-bond donors (Lipinski definition) is 1. The first-order valence-corrected chi connectivity index (χ1v) is 6.58. The van der Waals surface area contributed by atoms with Crippen LogP contribution in [0.15, 0.2) is 18.2 Å². The Labute approximate surface area is 126 Å². The van der Waals surface area contributed by atoms with Crippen LogP contribution in [0.1, 0.15) is 18.9 Å². The van der Waals surface area contributed by atoms with Crippen molar-refractivity contribution in [2.24, 2.45) is 5.92 Å². The molecule has 1 rings (SSSR count). The standard InChI is InChI=1S/C15H16F2N2O3/c1-9(8-18)5-13(15(21)22-2)19-14(20)6-10-3-4-11(16)7-12(10)17/h3-4,7,9,13H,5-6H2,1-2H3,(H,19,20)/t9-,13-/m0/s1. The molecule has 0 fully saturated rings. The average Bonchev–Trinajstić information content (AvgIpc) is 2.48. The van der Waals surface area contributed by atoms with Crippen LogP contribution in [-0.4, -0.2) is 25.0 Å². The lowest BCUT2D eigenvalue weighted by Gasteiger charge is -2.17. The van der Waals surface area contributed by atoms with Crippen LogP contribution in [0.4, 0.5) is 8.78 Å². The number of benzene rings is 1. The highest BCUT2D eigenvalue weighted by molar-refractivity contribution is 5.85. The number of carbonyl (C=O) groups excluding carboxylic acids is 2. The van der Waals surface area contributed by atoms with E-state index in [0.29, 0.717) is 6.07 Å². The van der Waals surface area contributed by atoms with Gasteiger partial charge in [-0.3, -0.25) is 4.79 Å². The van der Waals surface area contributed by atoms with Crippen molar-refractivity contribution in [3.05, 3.63) is 35.4 Å². The zero-order chi connectivity index (χ0) is 16.7. The Morgan fingerprint density at radius 3 is 2.64 bits per heavy atom. The van der Waals surface area contributed by atoms with Crippen molar-refractivity contribution in [3.8, 4) is 6.07 Å². The Morgan fingerprint density at radius 2 is 2.09 bits per heavy atom. The van der Waals surface area contributed by atoms with Gasteiger partial charge in [0.15, 0.2) is 0 Å². The molecule has 0 bridgehead atoms. The molecule has 0 aliphatic rings. The zero-order valence-corrected chi connectivity index (χ0v) is 12.2. The molecule has 0 aliphatic carbocycles. The summed E-state index contributed by atoms with van der Waals surface area (Å²) in [5.74, 6) is -3.35. The van der Waals surface area contributed by atoms with Gasteiger partial charge in [-0.15, -0.1) is 0 Å². The number of carbonyl (C=O) groups is 2. The SMILES string of the molecule is COC(=O)[C@H](C[C@H](C)C#N)NC(=O)Cc1ccc(F)cc1F. The van der Waals surface area contributed by atoms with E-state index in [9.17, 15) is 18.4 Å². The number of nitrogens with one attached hydrogen (secondary N) is 1. The van der Waals surface area contributed by atoms with Gasteiger partial charge in [-0.25, -0.2) is 13.6 Å². The first kappa shape index (κ1) is 17.6. The number of hydrogen-bond acceptors (Lipinski definition) is 4. The van der Waals surface area contributed by atoms with Crippen molar-refractivity contribution < 1.29 is 23.1 Å². The molecular formula is C15H16F2N2O3. The van der Waals surface area contributed by atoms with Crippen LogP contribution in [0.5, 0.6) is 0 Å². The van der Waals surface area contributed by atoms with Gasteiger partial charge in [-0.2, -0.15) is 5.26 Å². The Morgan fingerprint density at radius 1 is 1.41 bits per heavy atom. The van der Waals surface area contributed by atoms with Crippen LogP contribution in [0.3, 0.4) is 0 Å². The van der Waals surface area contributed by atoms with Gasteiger partial charge in [0, 0.05) is 12.0 Å². The third-order valence-electron chi connectivity index (χ3n) is 3.00. The van der Waals surface area contributed by atoms with E-state index >= 15 is 0 Å². The molecule has 1 aromatic rings. The number of methoxy groups -OCH3 is 1. The molecule has 1 N–H and O–H groups in total. The van der Waals surface area contributed by atoms with Crippen molar-refractivity contribution in [3.63, 3.8) is 0 Å². The number of nitrogens with zero attached hydrogens (tertiary/aromatic N) is 1. The minimum absolute atomic E-state index is 0.0100. The van der Waals surface area contributed by atoms with Crippen molar-refractivity contribution in [2.45, 2.75) is 25.8 Å². The van der Waals surface area contributed by atoms with Gasteiger partial charge in [0.1, 0.15) is 17.7 Å². The van der Waals surface area contributed by atoms with Crippen LogP contribution >= 0.6 is 0 Å². The molecule has 118 valence electrons. The van der Waals surface area contributed by atoms with E-state index in [2.05, 4.69) is 10.1 Å². The summed E-state index contributed by atoms with van der Waals surface area (Å²) in [6.45, 7) is 1.60. The summed E-state index contributed by atoms with van der Waals surface area (Å²) in [5, 5.41) is 11.2. The molecule has 1 aromatic carbocycles. The van der Waals surface area contributed by atoms with Crippen LogP contribution in [0.2, 0.25) is 0 Å². The number of nitriles is 1. The highest BCUT2D eigenvalue weighted by Gasteiger charge is 2.24. The second kappa shape index (κ2) is 8.08. The maximum absolute atomic E-state index is 13.5. The van der Waals surface area contributed by atoms with E-state index in [1.807, 2.05) is 6.07 Å². The van der Waals surface area contributed by atoms with Crippen LogP contribution < -0.4 is 5.32 Å². The molecule has 0 spiro atoms. The maximum atomic E-state index is 13.5. The molecule has 0 heterocycles. The monoisotopic (exact) mass is 310 g/mol. The molecule has 0 radical (unpaired) electrons. The molecule has 1 amide bonds. The highest BCUT2D eigenvalue weighted by Crippen LogP contribution is 2.11. The number of ether oxygens (including phenoxy) is 1. The fourth-order valence-electron chi connectivity index (χ4n) is 1.85. The third kappa shape index (κ3) is 5.13. The lowest BCUT2D eigenvalue weighted by Crippen LogP contribution is -2.43. The molecule has 7 heteroatoms. The van der Waals surface area contributed by atoms with Crippen LogP contribution in [0.25, 0.3) is 0 Å². The summed E-state index contributed by atoms with van der Waals surface area (Å²) < 4.78 is 30.8. The predicted octanol–water partition coefficient (Wildman–Crippen LogP) is 1.71. The molecule has 0 saturated heterocycles. The number of esters is 1. The van der Waals surface area contributed by atoms with E-state index in [0.717, 1.165) is 19.2 Å². The summed E-state index contributed by atoms with van der Waals surface area (Å²) >= 11 is 0. The fraction of sp³-hybridized carbons (Fsp3) is 0.400. The van der Waals surface area contributed by atoms with Gasteiger partial charge in [-0.1, -0.05) is 6.07 Å². The van der Waals surface area contributed by atoms with Gasteiger partial charge in [0.25, 0.3) is 0 Å². The van der Waals surface area contributed by atoms with E-state index in [1.165, 1.54) is 0 Å². The van der Waals surface area contributed by atoms with Crippen molar-refractivity contribution in [1.29, 1.82) is 5.26 Å². The number of halogens is 2. The van der Waals surface area contributed by atoms with E-state index < -0.39 is 35.5 Å². The Bertz CT molecular complexity index is 599. The molecule has 0 aliphatic heterocycles. The van der Waals surface area contributed by atoms with E-state index in [-0.39, 0.29) is 18.4 Å². The Balaban J connectivity index is 2.74. The topological polar surface area (TPSA) is 79.2 Å². The van der Waals surface area contributed by atoms with Gasteiger partial charge < -0.3 is 10.1 Å². The van der Waals surface area contributed by atoms with Crippen LogP contribution in [0, 0.1) is 28.9 Å². The minimum atomic E-state index is -0.990.